The zero-order valence-electron chi connectivity index (χ0n) is 10.3. The molecule has 1 saturated carbocycles. The van der Waals surface area contributed by atoms with Crippen LogP contribution in [0.2, 0.25) is 0 Å². The van der Waals surface area contributed by atoms with Gasteiger partial charge in [-0.3, -0.25) is 0 Å². The molecule has 0 radical (unpaired) electrons. The normalized spacial score (nSPS) is 15.8. The number of aliphatic hydroxyl groups is 1. The lowest BCUT2D eigenvalue weighted by molar-refractivity contribution is -0.140. The van der Waals surface area contributed by atoms with E-state index < -0.39 is 24.6 Å². The van der Waals surface area contributed by atoms with Crippen molar-refractivity contribution >= 4 is 23.3 Å². The average Bonchev–Trinajstić information content (AvgIpc) is 3.09. The van der Waals surface area contributed by atoms with E-state index >= 15 is 0 Å². The third-order valence-corrected chi connectivity index (χ3v) is 3.79. The van der Waals surface area contributed by atoms with E-state index in [-0.39, 0.29) is 6.04 Å². The zero-order valence-corrected chi connectivity index (χ0v) is 11.1. The molecule has 2 amide bonds. The van der Waals surface area contributed by atoms with Crippen LogP contribution in [0.1, 0.15) is 17.7 Å². The number of nitrogens with zero attached hydrogens (tertiary/aromatic N) is 1. The maximum absolute atomic E-state index is 12.1. The molecule has 1 heterocycles. The van der Waals surface area contributed by atoms with Crippen molar-refractivity contribution in [2.75, 3.05) is 6.61 Å². The van der Waals surface area contributed by atoms with Crippen LogP contribution >= 0.6 is 11.3 Å². The molecule has 0 aliphatic heterocycles. The molecule has 7 heteroatoms. The third-order valence-electron chi connectivity index (χ3n) is 2.93. The molecule has 104 valence electrons. The lowest BCUT2D eigenvalue weighted by Gasteiger charge is -2.24. The van der Waals surface area contributed by atoms with Crippen LogP contribution < -0.4 is 5.32 Å². The van der Waals surface area contributed by atoms with Crippen LogP contribution in [-0.2, 0) is 11.3 Å². The van der Waals surface area contributed by atoms with Gasteiger partial charge in [-0.05, 0) is 24.3 Å². The maximum Gasteiger partial charge on any atom is 0.328 e. The summed E-state index contributed by atoms with van der Waals surface area (Å²) >= 11 is 1.56. The predicted octanol–water partition coefficient (Wildman–Crippen LogP) is 0.868. The van der Waals surface area contributed by atoms with Gasteiger partial charge in [0, 0.05) is 10.9 Å². The molecule has 3 N–H and O–H groups in total. The highest BCUT2D eigenvalue weighted by Gasteiger charge is 2.34. The van der Waals surface area contributed by atoms with Crippen LogP contribution in [0, 0.1) is 0 Å². The van der Waals surface area contributed by atoms with Gasteiger partial charge in [-0.15, -0.1) is 11.3 Å². The molecular formula is C12H16N2O4S. The summed E-state index contributed by atoms with van der Waals surface area (Å²) in [7, 11) is 0. The fraction of sp³-hybridized carbons (Fsp3) is 0.500. The minimum absolute atomic E-state index is 0.176. The highest BCUT2D eigenvalue weighted by atomic mass is 32.1. The van der Waals surface area contributed by atoms with E-state index in [2.05, 4.69) is 5.32 Å². The number of carboxylic acids is 1. The van der Waals surface area contributed by atoms with Crippen LogP contribution in [0.4, 0.5) is 4.79 Å². The van der Waals surface area contributed by atoms with Crippen molar-refractivity contribution in [1.29, 1.82) is 0 Å². The number of carbonyl (C=O) groups is 2. The van der Waals surface area contributed by atoms with E-state index in [1.807, 2.05) is 17.5 Å². The molecule has 0 unspecified atom stereocenters. The number of carbonyl (C=O) groups excluding carboxylic acids is 1. The summed E-state index contributed by atoms with van der Waals surface area (Å²) in [4.78, 5) is 25.6. The van der Waals surface area contributed by atoms with Gasteiger partial charge in [0.25, 0.3) is 0 Å². The number of amides is 2. The Morgan fingerprint density at radius 2 is 2.26 bits per heavy atom. The van der Waals surface area contributed by atoms with E-state index in [9.17, 15) is 9.59 Å². The number of nitrogens with one attached hydrogen (secondary N) is 1. The fourth-order valence-corrected chi connectivity index (χ4v) is 2.44. The standard InChI is InChI=1S/C12H16N2O4S/c15-7-10(11(16)17)13-12(18)14(8-3-4-8)6-9-2-1-5-19-9/h1-2,5,8,10,15H,3-4,6-7H2,(H,13,18)(H,16,17)/t10-/m1/s1. The molecule has 0 bridgehead atoms. The Hall–Kier alpha value is -1.60. The number of aliphatic carboxylic acids is 1. The minimum Gasteiger partial charge on any atom is -0.480 e. The number of rotatable bonds is 6. The van der Waals surface area contributed by atoms with Crippen molar-refractivity contribution < 1.29 is 19.8 Å². The van der Waals surface area contributed by atoms with Gasteiger partial charge in [-0.1, -0.05) is 6.07 Å². The van der Waals surface area contributed by atoms with Crippen molar-refractivity contribution in [2.24, 2.45) is 0 Å². The van der Waals surface area contributed by atoms with Gasteiger partial charge in [0.2, 0.25) is 0 Å². The molecule has 1 atom stereocenters. The van der Waals surface area contributed by atoms with Crippen LogP contribution in [0.25, 0.3) is 0 Å². The molecule has 1 aromatic heterocycles. The number of urea groups is 1. The van der Waals surface area contributed by atoms with Crippen molar-refractivity contribution in [3.63, 3.8) is 0 Å². The van der Waals surface area contributed by atoms with E-state index in [1.54, 1.807) is 16.2 Å². The zero-order chi connectivity index (χ0) is 13.8. The Bertz CT molecular complexity index is 445. The first-order valence-electron chi connectivity index (χ1n) is 6.05. The van der Waals surface area contributed by atoms with Crippen molar-refractivity contribution in [3.05, 3.63) is 22.4 Å². The number of hydrogen-bond donors (Lipinski definition) is 3. The summed E-state index contributed by atoms with van der Waals surface area (Å²) < 4.78 is 0. The van der Waals surface area contributed by atoms with Gasteiger partial charge in [0.15, 0.2) is 6.04 Å². The highest BCUT2D eigenvalue weighted by Crippen LogP contribution is 2.29. The first kappa shape index (κ1) is 13.8. The Morgan fingerprint density at radius 3 is 2.74 bits per heavy atom. The number of thiophene rings is 1. The molecule has 1 aliphatic carbocycles. The molecule has 0 spiro atoms. The lowest BCUT2D eigenvalue weighted by Crippen LogP contribution is -2.49. The smallest absolute Gasteiger partial charge is 0.328 e. The summed E-state index contributed by atoms with van der Waals surface area (Å²) in [5.41, 5.74) is 0. The van der Waals surface area contributed by atoms with Gasteiger partial charge in [-0.2, -0.15) is 0 Å². The minimum atomic E-state index is -1.25. The average molecular weight is 284 g/mol. The lowest BCUT2D eigenvalue weighted by atomic mass is 10.3. The molecule has 1 aromatic rings. The predicted molar refractivity (Wildman–Crippen MR) is 69.9 cm³/mol. The topological polar surface area (TPSA) is 89.9 Å². The van der Waals surface area contributed by atoms with Crippen LogP contribution in [-0.4, -0.2) is 45.8 Å². The Kier molecular flexibility index (Phi) is 4.39. The summed E-state index contributed by atoms with van der Waals surface area (Å²) in [5.74, 6) is -1.23. The van der Waals surface area contributed by atoms with Gasteiger partial charge in [-0.25, -0.2) is 9.59 Å². The summed E-state index contributed by atoms with van der Waals surface area (Å²) in [6.07, 6.45) is 1.88. The molecule has 19 heavy (non-hydrogen) atoms. The van der Waals surface area contributed by atoms with Crippen LogP contribution in [0.5, 0.6) is 0 Å². The summed E-state index contributed by atoms with van der Waals surface area (Å²) in [6, 6.07) is 2.34. The Morgan fingerprint density at radius 1 is 1.53 bits per heavy atom. The first-order valence-corrected chi connectivity index (χ1v) is 6.93. The number of hydrogen-bond acceptors (Lipinski definition) is 4. The second-order valence-electron chi connectivity index (χ2n) is 4.46. The first-order chi connectivity index (χ1) is 9.11. The third kappa shape index (κ3) is 3.68. The molecule has 1 fully saturated rings. The number of aliphatic hydroxyl groups excluding tert-OH is 1. The molecule has 6 nitrogen and oxygen atoms in total. The van der Waals surface area contributed by atoms with E-state index in [1.165, 1.54) is 0 Å². The van der Waals surface area contributed by atoms with Gasteiger partial charge in [0.05, 0.1) is 13.2 Å². The number of carboxylic acid groups (broad SMARTS) is 1. The van der Waals surface area contributed by atoms with E-state index in [0.717, 1.165) is 17.7 Å². The highest BCUT2D eigenvalue weighted by molar-refractivity contribution is 7.09. The second kappa shape index (κ2) is 6.03. The summed E-state index contributed by atoms with van der Waals surface area (Å²) in [5, 5.41) is 22.0. The Balaban J connectivity index is 1.98. The maximum atomic E-state index is 12.1. The van der Waals surface area contributed by atoms with Crippen LogP contribution in [0.3, 0.4) is 0 Å². The molecule has 1 aliphatic rings. The quantitative estimate of drug-likeness (QED) is 0.723. The Labute approximate surface area is 114 Å². The van der Waals surface area contributed by atoms with Gasteiger partial charge >= 0.3 is 12.0 Å². The largest absolute Gasteiger partial charge is 0.480 e. The second-order valence-corrected chi connectivity index (χ2v) is 5.49. The molecule has 2 rings (SSSR count). The van der Waals surface area contributed by atoms with Gasteiger partial charge < -0.3 is 20.4 Å². The van der Waals surface area contributed by atoms with Crippen molar-refractivity contribution in [1.82, 2.24) is 10.2 Å². The monoisotopic (exact) mass is 284 g/mol. The van der Waals surface area contributed by atoms with Gasteiger partial charge in [0.1, 0.15) is 0 Å². The summed E-state index contributed by atoms with van der Waals surface area (Å²) in [6.45, 7) is -0.134. The fourth-order valence-electron chi connectivity index (χ4n) is 1.74. The van der Waals surface area contributed by atoms with Crippen molar-refractivity contribution in [3.8, 4) is 0 Å². The molecule has 0 saturated heterocycles. The molecular weight excluding hydrogens is 268 g/mol. The van der Waals surface area contributed by atoms with E-state index in [4.69, 9.17) is 10.2 Å². The van der Waals surface area contributed by atoms with Crippen molar-refractivity contribution in [2.45, 2.75) is 31.5 Å². The molecule has 0 aromatic carbocycles. The van der Waals surface area contributed by atoms with Crippen LogP contribution in [0.15, 0.2) is 17.5 Å². The SMILES string of the molecule is O=C(O)[C@@H](CO)NC(=O)N(Cc1cccs1)C1CC1. The van der Waals surface area contributed by atoms with E-state index in [0.29, 0.717) is 6.54 Å².